The Balaban J connectivity index is 3.22. The molecule has 1 rings (SSSR count). The normalized spacial score (nSPS) is 10.0. The van der Waals surface area contributed by atoms with Crippen LogP contribution in [0.25, 0.3) is 0 Å². The molecule has 0 aliphatic rings. The van der Waals surface area contributed by atoms with Crippen LogP contribution in [0.15, 0.2) is 0 Å². The first-order valence-corrected chi connectivity index (χ1v) is 6.04. The Bertz CT molecular complexity index is 396. The van der Waals surface area contributed by atoms with Crippen LogP contribution in [0, 0.1) is 3.57 Å². The molecule has 0 saturated heterocycles. The number of aryl methyl sites for hydroxylation is 1. The second-order valence-corrected chi connectivity index (χ2v) is 4.23. The highest BCUT2D eigenvalue weighted by Crippen LogP contribution is 2.20. The fourth-order valence-electron chi connectivity index (χ4n) is 1.24. The molecule has 88 valence electrons. The summed E-state index contributed by atoms with van der Waals surface area (Å²) in [5.41, 5.74) is 0.878. The molecule has 0 unspecified atom stereocenters. The quantitative estimate of drug-likeness (QED) is 0.672. The smallest absolute Gasteiger partial charge is 0.376 e. The third-order valence-electron chi connectivity index (χ3n) is 2.01. The Hall–Kier alpha value is -0.920. The van der Waals surface area contributed by atoms with Crippen molar-refractivity contribution in [1.82, 2.24) is 9.97 Å². The van der Waals surface area contributed by atoms with Gasteiger partial charge in [-0.2, -0.15) is 0 Å². The van der Waals surface area contributed by atoms with E-state index in [9.17, 15) is 4.79 Å². The number of rotatable bonds is 4. The molecule has 0 fully saturated rings. The minimum atomic E-state index is -0.509. The monoisotopic (exact) mass is 335 g/mol. The van der Waals surface area contributed by atoms with Gasteiger partial charge in [0, 0.05) is 7.05 Å². The molecule has 6 heteroatoms. The number of carbonyl (C=O) groups excluding carboxylic acids is 1. The average Bonchev–Trinajstić information content (AvgIpc) is 2.31. The lowest BCUT2D eigenvalue weighted by atomic mass is 10.2. The molecule has 0 bridgehead atoms. The SMILES string of the molecule is CCCc1nc(C(=O)OC)nc(NC)c1I. The number of aromatic nitrogens is 2. The number of hydrogen-bond donors (Lipinski definition) is 1. The third-order valence-corrected chi connectivity index (χ3v) is 3.14. The van der Waals surface area contributed by atoms with Crippen LogP contribution in [0.5, 0.6) is 0 Å². The first-order chi connectivity index (χ1) is 7.63. The van der Waals surface area contributed by atoms with Crippen molar-refractivity contribution in [2.75, 3.05) is 19.5 Å². The van der Waals surface area contributed by atoms with Gasteiger partial charge in [-0.25, -0.2) is 14.8 Å². The fourth-order valence-corrected chi connectivity index (χ4v) is 2.02. The molecule has 0 aliphatic heterocycles. The van der Waals surface area contributed by atoms with Crippen LogP contribution in [0.1, 0.15) is 29.7 Å². The minimum Gasteiger partial charge on any atom is -0.463 e. The highest BCUT2D eigenvalue weighted by molar-refractivity contribution is 14.1. The largest absolute Gasteiger partial charge is 0.463 e. The number of hydrogen-bond acceptors (Lipinski definition) is 5. The predicted molar refractivity (Wildman–Crippen MR) is 69.6 cm³/mol. The van der Waals surface area contributed by atoms with Crippen LogP contribution in [-0.2, 0) is 11.2 Å². The van der Waals surface area contributed by atoms with E-state index < -0.39 is 5.97 Å². The highest BCUT2D eigenvalue weighted by atomic mass is 127. The summed E-state index contributed by atoms with van der Waals surface area (Å²) in [6.07, 6.45) is 1.79. The maximum Gasteiger partial charge on any atom is 0.376 e. The topological polar surface area (TPSA) is 64.1 Å². The van der Waals surface area contributed by atoms with E-state index in [4.69, 9.17) is 0 Å². The zero-order valence-electron chi connectivity index (χ0n) is 9.50. The number of anilines is 1. The molecule has 1 aromatic rings. The molecule has 0 saturated carbocycles. The van der Waals surface area contributed by atoms with Crippen molar-refractivity contribution >= 4 is 34.4 Å². The molecule has 0 aromatic carbocycles. The van der Waals surface area contributed by atoms with E-state index in [0.717, 1.165) is 22.1 Å². The van der Waals surface area contributed by atoms with E-state index in [0.29, 0.717) is 5.82 Å². The number of nitrogens with one attached hydrogen (secondary N) is 1. The molecule has 0 amide bonds. The second-order valence-electron chi connectivity index (χ2n) is 3.15. The summed E-state index contributed by atoms with van der Waals surface area (Å²) in [4.78, 5) is 19.7. The molecule has 0 aliphatic carbocycles. The molecular weight excluding hydrogens is 321 g/mol. The van der Waals surface area contributed by atoms with E-state index in [1.54, 1.807) is 7.05 Å². The van der Waals surface area contributed by atoms with Gasteiger partial charge in [-0.1, -0.05) is 13.3 Å². The molecule has 0 spiro atoms. The highest BCUT2D eigenvalue weighted by Gasteiger charge is 2.16. The van der Waals surface area contributed by atoms with E-state index >= 15 is 0 Å². The van der Waals surface area contributed by atoms with Gasteiger partial charge < -0.3 is 10.1 Å². The lowest BCUT2D eigenvalue weighted by molar-refractivity contribution is 0.0586. The Labute approximate surface area is 108 Å². The van der Waals surface area contributed by atoms with Crippen molar-refractivity contribution in [3.05, 3.63) is 15.1 Å². The number of ether oxygens (including phenoxy) is 1. The maximum absolute atomic E-state index is 11.4. The Morgan fingerprint density at radius 2 is 2.19 bits per heavy atom. The van der Waals surface area contributed by atoms with Gasteiger partial charge in [0.05, 0.1) is 16.4 Å². The summed E-state index contributed by atoms with van der Waals surface area (Å²) in [6.45, 7) is 2.06. The van der Waals surface area contributed by atoms with Crippen molar-refractivity contribution < 1.29 is 9.53 Å². The number of methoxy groups -OCH3 is 1. The molecule has 16 heavy (non-hydrogen) atoms. The molecular formula is C10H14IN3O2. The zero-order chi connectivity index (χ0) is 12.1. The van der Waals surface area contributed by atoms with Crippen LogP contribution in [-0.4, -0.2) is 30.1 Å². The van der Waals surface area contributed by atoms with Crippen LogP contribution in [0.3, 0.4) is 0 Å². The maximum atomic E-state index is 11.4. The minimum absolute atomic E-state index is 0.107. The summed E-state index contributed by atoms with van der Waals surface area (Å²) in [6, 6.07) is 0. The van der Waals surface area contributed by atoms with Gasteiger partial charge in [0.25, 0.3) is 0 Å². The lowest BCUT2D eigenvalue weighted by Gasteiger charge is -2.09. The van der Waals surface area contributed by atoms with Crippen LogP contribution >= 0.6 is 22.6 Å². The summed E-state index contributed by atoms with van der Waals surface area (Å²) < 4.78 is 5.57. The molecule has 1 N–H and O–H groups in total. The Kier molecular flexibility index (Phi) is 4.91. The summed E-state index contributed by atoms with van der Waals surface area (Å²) >= 11 is 2.18. The van der Waals surface area contributed by atoms with E-state index in [-0.39, 0.29) is 5.82 Å². The van der Waals surface area contributed by atoms with Crippen LogP contribution in [0.2, 0.25) is 0 Å². The molecule has 1 heterocycles. The average molecular weight is 335 g/mol. The standard InChI is InChI=1S/C10H14IN3O2/c1-4-5-6-7(11)8(12-2)14-9(13-6)10(15)16-3/h4-5H2,1-3H3,(H,12,13,14). The van der Waals surface area contributed by atoms with Crippen LogP contribution in [0.4, 0.5) is 5.82 Å². The first-order valence-electron chi connectivity index (χ1n) is 4.96. The van der Waals surface area contributed by atoms with Gasteiger partial charge in [0.15, 0.2) is 0 Å². The Morgan fingerprint density at radius 3 is 2.69 bits per heavy atom. The van der Waals surface area contributed by atoms with Gasteiger partial charge in [-0.3, -0.25) is 0 Å². The van der Waals surface area contributed by atoms with Crippen molar-refractivity contribution in [2.45, 2.75) is 19.8 Å². The van der Waals surface area contributed by atoms with Crippen molar-refractivity contribution in [1.29, 1.82) is 0 Å². The predicted octanol–water partition coefficient (Wildman–Crippen LogP) is 1.86. The number of carbonyl (C=O) groups is 1. The fraction of sp³-hybridized carbons (Fsp3) is 0.500. The van der Waals surface area contributed by atoms with E-state index in [1.165, 1.54) is 7.11 Å². The van der Waals surface area contributed by atoms with Crippen molar-refractivity contribution in [2.24, 2.45) is 0 Å². The van der Waals surface area contributed by atoms with E-state index in [2.05, 4.69) is 49.5 Å². The first kappa shape index (κ1) is 13.1. The summed E-state index contributed by atoms with van der Waals surface area (Å²) in [5, 5.41) is 2.95. The van der Waals surface area contributed by atoms with E-state index in [1.807, 2.05) is 0 Å². The van der Waals surface area contributed by atoms with Gasteiger partial charge in [0.2, 0.25) is 5.82 Å². The molecule has 5 nitrogen and oxygen atoms in total. The number of nitrogens with zero attached hydrogens (tertiary/aromatic N) is 2. The second kappa shape index (κ2) is 5.97. The molecule has 0 atom stereocenters. The summed E-state index contributed by atoms with van der Waals surface area (Å²) in [5.74, 6) is 0.264. The van der Waals surface area contributed by atoms with Crippen molar-refractivity contribution in [3.63, 3.8) is 0 Å². The molecule has 0 radical (unpaired) electrons. The lowest BCUT2D eigenvalue weighted by Crippen LogP contribution is -2.13. The summed E-state index contributed by atoms with van der Waals surface area (Å²) in [7, 11) is 3.09. The van der Waals surface area contributed by atoms with Crippen LogP contribution < -0.4 is 5.32 Å². The Morgan fingerprint density at radius 1 is 1.50 bits per heavy atom. The third kappa shape index (κ3) is 2.81. The number of esters is 1. The molecule has 1 aromatic heterocycles. The number of halogens is 1. The van der Waals surface area contributed by atoms with Gasteiger partial charge >= 0.3 is 5.97 Å². The van der Waals surface area contributed by atoms with Gasteiger partial charge in [-0.15, -0.1) is 0 Å². The van der Waals surface area contributed by atoms with Gasteiger partial charge in [0.1, 0.15) is 5.82 Å². The van der Waals surface area contributed by atoms with Gasteiger partial charge in [-0.05, 0) is 29.0 Å². The van der Waals surface area contributed by atoms with Crippen molar-refractivity contribution in [3.8, 4) is 0 Å². The zero-order valence-corrected chi connectivity index (χ0v) is 11.7.